The topological polar surface area (TPSA) is 62.6 Å². The van der Waals surface area contributed by atoms with Crippen molar-refractivity contribution in [2.45, 2.75) is 65.4 Å². The summed E-state index contributed by atoms with van der Waals surface area (Å²) in [5.41, 5.74) is 0.959. The van der Waals surface area contributed by atoms with Gasteiger partial charge >= 0.3 is 6.09 Å². The molecule has 1 aliphatic heterocycles. The maximum Gasteiger partial charge on any atom is 0.410 e. The van der Waals surface area contributed by atoms with E-state index in [4.69, 9.17) is 14.9 Å². The molecule has 1 spiro atoms. The molecular formula is C23H33FN2O3. The standard InChI is InChI=1S/C23H33FN2O3/c1-16(2)29-22(27)26-10-8-23(9-11-26)14-18(15-23)5-4-12-28-19-6-7-20(17(3)25)21(24)13-19/h6-7,13,16,18,25H,4-5,8-12,14-15H2,1-3H3. The second-order valence-corrected chi connectivity index (χ2v) is 8.95. The van der Waals surface area contributed by atoms with Crippen LogP contribution >= 0.6 is 0 Å². The maximum atomic E-state index is 13.9. The summed E-state index contributed by atoms with van der Waals surface area (Å²) in [5.74, 6) is 0.852. The van der Waals surface area contributed by atoms with E-state index in [1.54, 1.807) is 19.1 Å². The van der Waals surface area contributed by atoms with Crippen LogP contribution in [0.3, 0.4) is 0 Å². The number of nitrogens with one attached hydrogen (secondary N) is 1. The van der Waals surface area contributed by atoms with Gasteiger partial charge in [-0.2, -0.15) is 0 Å². The number of amides is 1. The summed E-state index contributed by atoms with van der Waals surface area (Å²) >= 11 is 0. The molecule has 0 atom stereocenters. The van der Waals surface area contributed by atoms with Gasteiger partial charge in [0.15, 0.2) is 0 Å². The predicted octanol–water partition coefficient (Wildman–Crippen LogP) is 5.41. The van der Waals surface area contributed by atoms with Gasteiger partial charge in [0, 0.05) is 30.4 Å². The molecule has 0 radical (unpaired) electrons. The summed E-state index contributed by atoms with van der Waals surface area (Å²) in [4.78, 5) is 13.9. The van der Waals surface area contributed by atoms with Gasteiger partial charge in [-0.1, -0.05) is 0 Å². The minimum Gasteiger partial charge on any atom is -0.493 e. The summed E-state index contributed by atoms with van der Waals surface area (Å²) in [7, 11) is 0. The van der Waals surface area contributed by atoms with E-state index in [2.05, 4.69) is 0 Å². The van der Waals surface area contributed by atoms with Crippen LogP contribution in [0, 0.1) is 22.6 Å². The third-order valence-corrected chi connectivity index (χ3v) is 6.23. The smallest absolute Gasteiger partial charge is 0.410 e. The van der Waals surface area contributed by atoms with E-state index in [1.807, 2.05) is 18.7 Å². The van der Waals surface area contributed by atoms with Crippen LogP contribution in [0.25, 0.3) is 0 Å². The molecule has 0 aromatic heterocycles. The summed E-state index contributed by atoms with van der Waals surface area (Å²) in [6.45, 7) is 7.53. The molecular weight excluding hydrogens is 371 g/mol. The van der Waals surface area contributed by atoms with E-state index in [0.29, 0.717) is 23.3 Å². The van der Waals surface area contributed by atoms with Gasteiger partial charge in [-0.25, -0.2) is 9.18 Å². The van der Waals surface area contributed by atoms with Gasteiger partial charge in [-0.3, -0.25) is 0 Å². The number of likely N-dealkylation sites (tertiary alicyclic amines) is 1. The number of carbonyl (C=O) groups is 1. The van der Waals surface area contributed by atoms with Gasteiger partial charge in [0.1, 0.15) is 11.6 Å². The number of ether oxygens (including phenoxy) is 2. The average Bonchev–Trinajstić information content (AvgIpc) is 2.63. The lowest BCUT2D eigenvalue weighted by Crippen LogP contribution is -2.49. The molecule has 2 fully saturated rings. The molecule has 29 heavy (non-hydrogen) atoms. The van der Waals surface area contributed by atoms with Crippen molar-refractivity contribution in [2.24, 2.45) is 11.3 Å². The summed E-state index contributed by atoms with van der Waals surface area (Å²) in [6.07, 6.45) is 6.47. The van der Waals surface area contributed by atoms with E-state index >= 15 is 0 Å². The molecule has 1 aromatic rings. The molecule has 1 aromatic carbocycles. The van der Waals surface area contributed by atoms with Crippen LogP contribution in [0.1, 0.15) is 64.9 Å². The van der Waals surface area contributed by atoms with Crippen LogP contribution in [-0.2, 0) is 4.74 Å². The van der Waals surface area contributed by atoms with Gasteiger partial charge < -0.3 is 19.8 Å². The zero-order valence-electron chi connectivity index (χ0n) is 17.8. The van der Waals surface area contributed by atoms with Crippen molar-refractivity contribution < 1.29 is 18.7 Å². The van der Waals surface area contributed by atoms with Crippen LogP contribution < -0.4 is 4.74 Å². The predicted molar refractivity (Wildman–Crippen MR) is 111 cm³/mol. The summed E-state index contributed by atoms with van der Waals surface area (Å²) < 4.78 is 24.9. The molecule has 1 saturated heterocycles. The number of benzene rings is 1. The van der Waals surface area contributed by atoms with Crippen molar-refractivity contribution in [3.63, 3.8) is 0 Å². The lowest BCUT2D eigenvalue weighted by atomic mass is 9.56. The third-order valence-electron chi connectivity index (χ3n) is 6.23. The number of hydrogen-bond donors (Lipinski definition) is 1. The Balaban J connectivity index is 1.32. The van der Waals surface area contributed by atoms with Gasteiger partial charge in [-0.05, 0) is 82.8 Å². The molecule has 1 aliphatic carbocycles. The largest absolute Gasteiger partial charge is 0.493 e. The van der Waals surface area contributed by atoms with Crippen molar-refractivity contribution in [1.82, 2.24) is 4.90 Å². The molecule has 1 N–H and O–H groups in total. The number of rotatable bonds is 7. The highest BCUT2D eigenvalue weighted by molar-refractivity contribution is 5.96. The van der Waals surface area contributed by atoms with Crippen molar-refractivity contribution in [2.75, 3.05) is 19.7 Å². The van der Waals surface area contributed by atoms with E-state index in [0.717, 1.165) is 44.7 Å². The molecule has 5 nitrogen and oxygen atoms in total. The first kappa shape index (κ1) is 21.6. The summed E-state index contributed by atoms with van der Waals surface area (Å²) in [6, 6.07) is 4.70. The summed E-state index contributed by atoms with van der Waals surface area (Å²) in [5, 5.41) is 7.52. The molecule has 3 rings (SSSR count). The fraction of sp³-hybridized carbons (Fsp3) is 0.652. The first-order chi connectivity index (χ1) is 13.8. The SMILES string of the molecule is CC(=N)c1ccc(OCCCC2CC3(CCN(C(=O)OC(C)C)CC3)C2)cc1F. The molecule has 160 valence electrons. The first-order valence-corrected chi connectivity index (χ1v) is 10.7. The molecule has 0 bridgehead atoms. The van der Waals surface area contributed by atoms with Crippen molar-refractivity contribution >= 4 is 11.8 Å². The lowest BCUT2D eigenvalue weighted by molar-refractivity contribution is -0.0203. The fourth-order valence-corrected chi connectivity index (χ4v) is 4.67. The normalized spacial score (nSPS) is 18.6. The lowest BCUT2D eigenvalue weighted by Gasteiger charge is -2.52. The van der Waals surface area contributed by atoms with Crippen LogP contribution in [0.2, 0.25) is 0 Å². The quantitative estimate of drug-likeness (QED) is 0.488. The van der Waals surface area contributed by atoms with Crippen LogP contribution in [-0.4, -0.2) is 42.5 Å². The molecule has 6 heteroatoms. The molecule has 1 amide bonds. The zero-order valence-corrected chi connectivity index (χ0v) is 17.8. The Hall–Kier alpha value is -2.11. The molecule has 1 saturated carbocycles. The van der Waals surface area contributed by atoms with Crippen LogP contribution in [0.15, 0.2) is 18.2 Å². The molecule has 1 heterocycles. The Bertz CT molecular complexity index is 734. The zero-order chi connectivity index (χ0) is 21.0. The number of halogens is 1. The fourth-order valence-electron chi connectivity index (χ4n) is 4.67. The Morgan fingerprint density at radius 3 is 2.59 bits per heavy atom. The van der Waals surface area contributed by atoms with E-state index in [1.165, 1.54) is 18.9 Å². The first-order valence-electron chi connectivity index (χ1n) is 10.7. The third kappa shape index (κ3) is 5.49. The number of nitrogens with zero attached hydrogens (tertiary/aromatic N) is 1. The van der Waals surface area contributed by atoms with E-state index < -0.39 is 5.82 Å². The minimum absolute atomic E-state index is 0.0664. The average molecular weight is 405 g/mol. The monoisotopic (exact) mass is 404 g/mol. The van der Waals surface area contributed by atoms with E-state index in [9.17, 15) is 9.18 Å². The molecule has 2 aliphatic rings. The Morgan fingerprint density at radius 2 is 2.00 bits per heavy atom. The van der Waals surface area contributed by atoms with Crippen molar-refractivity contribution in [3.8, 4) is 5.75 Å². The van der Waals surface area contributed by atoms with Crippen molar-refractivity contribution in [3.05, 3.63) is 29.6 Å². The maximum absolute atomic E-state index is 13.9. The van der Waals surface area contributed by atoms with Crippen molar-refractivity contribution in [1.29, 1.82) is 5.41 Å². The minimum atomic E-state index is -0.403. The number of hydrogen-bond acceptors (Lipinski definition) is 4. The Morgan fingerprint density at radius 1 is 1.31 bits per heavy atom. The highest BCUT2D eigenvalue weighted by Gasteiger charge is 2.46. The molecule has 0 unspecified atom stereocenters. The van der Waals surface area contributed by atoms with Gasteiger partial charge in [0.05, 0.1) is 12.7 Å². The highest BCUT2D eigenvalue weighted by Crippen LogP contribution is 2.54. The Kier molecular flexibility index (Phi) is 6.81. The highest BCUT2D eigenvalue weighted by atomic mass is 19.1. The second-order valence-electron chi connectivity index (χ2n) is 8.95. The van der Waals surface area contributed by atoms with Gasteiger partial charge in [-0.15, -0.1) is 0 Å². The van der Waals surface area contributed by atoms with Gasteiger partial charge in [0.2, 0.25) is 0 Å². The van der Waals surface area contributed by atoms with Gasteiger partial charge in [0.25, 0.3) is 0 Å². The Labute approximate surface area is 173 Å². The van der Waals surface area contributed by atoms with E-state index in [-0.39, 0.29) is 17.9 Å². The second kappa shape index (κ2) is 9.14. The van der Waals surface area contributed by atoms with Crippen LogP contribution in [0.5, 0.6) is 5.75 Å². The number of piperidine rings is 1. The number of carbonyl (C=O) groups excluding carboxylic acids is 1. The van der Waals surface area contributed by atoms with Crippen LogP contribution in [0.4, 0.5) is 9.18 Å².